The Morgan fingerprint density at radius 2 is 2.00 bits per heavy atom. The van der Waals surface area contributed by atoms with Gasteiger partial charge in [0.15, 0.2) is 6.61 Å². The number of hydrogen-bond donors (Lipinski definition) is 1. The Hall–Kier alpha value is -1.56. The molecule has 0 fully saturated rings. The fourth-order valence-electron chi connectivity index (χ4n) is 1.62. The lowest BCUT2D eigenvalue weighted by Crippen LogP contribution is -2.20. The number of hydrogen-bond acceptors (Lipinski definition) is 2. The van der Waals surface area contributed by atoms with Gasteiger partial charge in [-0.3, -0.25) is 4.79 Å². The van der Waals surface area contributed by atoms with E-state index < -0.39 is 0 Å². The van der Waals surface area contributed by atoms with E-state index in [1.165, 1.54) is 0 Å². The molecule has 0 aliphatic carbocycles. The van der Waals surface area contributed by atoms with Crippen molar-refractivity contribution in [3.8, 4) is 5.75 Å². The standard InChI is InChI=1S/C15H14INO2/c1-11-4-2-7-14(8-11)19-10-15(18)17-13-6-3-5-12(16)9-13/h2-9H,10H2,1H3,(H,17,18). The second-order valence-corrected chi connectivity index (χ2v) is 5.41. The molecule has 0 atom stereocenters. The Kier molecular flexibility index (Phi) is 4.79. The van der Waals surface area contributed by atoms with Crippen LogP contribution in [-0.2, 0) is 4.79 Å². The number of benzene rings is 2. The number of nitrogens with one attached hydrogen (secondary N) is 1. The Morgan fingerprint density at radius 3 is 2.74 bits per heavy atom. The molecule has 0 heterocycles. The third-order valence-electron chi connectivity index (χ3n) is 2.47. The van der Waals surface area contributed by atoms with Gasteiger partial charge in [-0.2, -0.15) is 0 Å². The van der Waals surface area contributed by atoms with E-state index in [1.807, 2.05) is 55.5 Å². The molecule has 2 rings (SSSR count). The second kappa shape index (κ2) is 6.56. The number of halogens is 1. The minimum absolute atomic E-state index is 0.00886. The van der Waals surface area contributed by atoms with Gasteiger partial charge in [-0.15, -0.1) is 0 Å². The minimum Gasteiger partial charge on any atom is -0.484 e. The van der Waals surface area contributed by atoms with Crippen LogP contribution >= 0.6 is 22.6 Å². The fraction of sp³-hybridized carbons (Fsp3) is 0.133. The summed E-state index contributed by atoms with van der Waals surface area (Å²) in [5.74, 6) is 0.543. The van der Waals surface area contributed by atoms with E-state index in [9.17, 15) is 4.79 Å². The molecule has 19 heavy (non-hydrogen) atoms. The highest BCUT2D eigenvalue weighted by molar-refractivity contribution is 14.1. The van der Waals surface area contributed by atoms with Crippen molar-refractivity contribution in [1.29, 1.82) is 0 Å². The molecule has 98 valence electrons. The first-order chi connectivity index (χ1) is 9.13. The van der Waals surface area contributed by atoms with E-state index in [0.29, 0.717) is 5.75 Å². The summed E-state index contributed by atoms with van der Waals surface area (Å²) in [7, 11) is 0. The minimum atomic E-state index is -0.163. The van der Waals surface area contributed by atoms with Crippen molar-refractivity contribution < 1.29 is 9.53 Å². The Labute approximate surface area is 126 Å². The summed E-state index contributed by atoms with van der Waals surface area (Å²) in [6.45, 7) is 1.99. The third-order valence-corrected chi connectivity index (χ3v) is 3.14. The van der Waals surface area contributed by atoms with Crippen LogP contribution in [0.4, 0.5) is 5.69 Å². The molecule has 1 amide bonds. The van der Waals surface area contributed by atoms with Crippen LogP contribution in [0.15, 0.2) is 48.5 Å². The quantitative estimate of drug-likeness (QED) is 0.839. The van der Waals surface area contributed by atoms with Crippen LogP contribution in [0.2, 0.25) is 0 Å². The summed E-state index contributed by atoms with van der Waals surface area (Å²) in [5.41, 5.74) is 1.89. The molecule has 4 heteroatoms. The van der Waals surface area contributed by atoms with Gasteiger partial charge in [0.05, 0.1) is 0 Å². The highest BCUT2D eigenvalue weighted by Crippen LogP contribution is 2.14. The van der Waals surface area contributed by atoms with E-state index >= 15 is 0 Å². The van der Waals surface area contributed by atoms with Crippen molar-refractivity contribution in [2.24, 2.45) is 0 Å². The zero-order valence-corrected chi connectivity index (χ0v) is 12.7. The van der Waals surface area contributed by atoms with Crippen LogP contribution in [0.3, 0.4) is 0 Å². The number of rotatable bonds is 4. The number of carbonyl (C=O) groups excluding carboxylic acids is 1. The van der Waals surface area contributed by atoms with Crippen molar-refractivity contribution in [2.75, 3.05) is 11.9 Å². The average molecular weight is 367 g/mol. The van der Waals surface area contributed by atoms with Gasteiger partial charge in [-0.25, -0.2) is 0 Å². The van der Waals surface area contributed by atoms with Crippen LogP contribution in [0.5, 0.6) is 5.75 Å². The molecule has 0 aliphatic rings. The van der Waals surface area contributed by atoms with Crippen LogP contribution < -0.4 is 10.1 Å². The van der Waals surface area contributed by atoms with Crippen LogP contribution in [0, 0.1) is 10.5 Å². The van der Waals surface area contributed by atoms with Crippen LogP contribution in [0.25, 0.3) is 0 Å². The zero-order chi connectivity index (χ0) is 13.7. The molecular weight excluding hydrogens is 353 g/mol. The molecule has 0 saturated carbocycles. The van der Waals surface area contributed by atoms with Crippen molar-refractivity contribution in [3.63, 3.8) is 0 Å². The Bertz CT molecular complexity index is 584. The Balaban J connectivity index is 1.88. The summed E-state index contributed by atoms with van der Waals surface area (Å²) in [6, 6.07) is 15.3. The largest absolute Gasteiger partial charge is 0.484 e. The van der Waals surface area contributed by atoms with Gasteiger partial charge in [0.2, 0.25) is 0 Å². The smallest absolute Gasteiger partial charge is 0.262 e. The van der Waals surface area contributed by atoms with Crippen molar-refractivity contribution in [1.82, 2.24) is 0 Å². The van der Waals surface area contributed by atoms with Crippen LogP contribution in [0.1, 0.15) is 5.56 Å². The maximum Gasteiger partial charge on any atom is 0.262 e. The lowest BCUT2D eigenvalue weighted by molar-refractivity contribution is -0.118. The molecule has 3 nitrogen and oxygen atoms in total. The summed E-state index contributed by atoms with van der Waals surface area (Å²) in [5, 5.41) is 2.80. The van der Waals surface area contributed by atoms with Gasteiger partial charge in [0.1, 0.15) is 5.75 Å². The molecule has 0 bridgehead atoms. The first kappa shape index (κ1) is 13.9. The zero-order valence-electron chi connectivity index (χ0n) is 10.5. The second-order valence-electron chi connectivity index (χ2n) is 4.16. The third kappa shape index (κ3) is 4.55. The van der Waals surface area contributed by atoms with Gasteiger partial charge in [0.25, 0.3) is 5.91 Å². The average Bonchev–Trinajstić information content (AvgIpc) is 2.36. The van der Waals surface area contributed by atoms with E-state index in [-0.39, 0.29) is 12.5 Å². The van der Waals surface area contributed by atoms with Crippen LogP contribution in [-0.4, -0.2) is 12.5 Å². The monoisotopic (exact) mass is 367 g/mol. The van der Waals surface area contributed by atoms with Gasteiger partial charge < -0.3 is 10.1 Å². The molecule has 0 spiro atoms. The lowest BCUT2D eigenvalue weighted by Gasteiger charge is -2.08. The maximum absolute atomic E-state index is 11.7. The normalized spacial score (nSPS) is 10.0. The first-order valence-electron chi connectivity index (χ1n) is 5.88. The first-order valence-corrected chi connectivity index (χ1v) is 6.96. The lowest BCUT2D eigenvalue weighted by atomic mass is 10.2. The van der Waals surface area contributed by atoms with Gasteiger partial charge in [-0.1, -0.05) is 18.2 Å². The summed E-state index contributed by atoms with van der Waals surface area (Å²) in [6.07, 6.45) is 0. The van der Waals surface area contributed by atoms with Crippen molar-refractivity contribution in [2.45, 2.75) is 6.92 Å². The highest BCUT2D eigenvalue weighted by Gasteiger charge is 2.04. The molecule has 2 aromatic carbocycles. The summed E-state index contributed by atoms with van der Waals surface area (Å²) in [4.78, 5) is 11.7. The molecule has 0 aromatic heterocycles. The number of amides is 1. The maximum atomic E-state index is 11.7. The Morgan fingerprint density at radius 1 is 1.21 bits per heavy atom. The fourth-order valence-corrected chi connectivity index (χ4v) is 2.16. The van der Waals surface area contributed by atoms with Gasteiger partial charge in [0, 0.05) is 9.26 Å². The van der Waals surface area contributed by atoms with Crippen molar-refractivity contribution in [3.05, 3.63) is 57.7 Å². The molecule has 0 unspecified atom stereocenters. The SMILES string of the molecule is Cc1cccc(OCC(=O)Nc2cccc(I)c2)c1. The number of aryl methyl sites for hydroxylation is 1. The van der Waals surface area contributed by atoms with E-state index in [2.05, 4.69) is 27.9 Å². The van der Waals surface area contributed by atoms with E-state index in [4.69, 9.17) is 4.74 Å². The highest BCUT2D eigenvalue weighted by atomic mass is 127. The van der Waals surface area contributed by atoms with Gasteiger partial charge in [-0.05, 0) is 65.4 Å². The van der Waals surface area contributed by atoms with E-state index in [1.54, 1.807) is 0 Å². The molecule has 0 aliphatic heterocycles. The number of anilines is 1. The molecular formula is C15H14INO2. The molecule has 0 radical (unpaired) electrons. The molecule has 1 N–H and O–H groups in total. The molecule has 0 saturated heterocycles. The summed E-state index contributed by atoms with van der Waals surface area (Å²) < 4.78 is 6.52. The number of ether oxygens (including phenoxy) is 1. The molecule has 2 aromatic rings. The van der Waals surface area contributed by atoms with E-state index in [0.717, 1.165) is 14.8 Å². The van der Waals surface area contributed by atoms with Crippen molar-refractivity contribution >= 4 is 34.2 Å². The summed E-state index contributed by atoms with van der Waals surface area (Å²) >= 11 is 2.20. The topological polar surface area (TPSA) is 38.3 Å². The number of carbonyl (C=O) groups is 1. The predicted octanol–water partition coefficient (Wildman–Crippen LogP) is 3.62. The predicted molar refractivity (Wildman–Crippen MR) is 84.5 cm³/mol. The van der Waals surface area contributed by atoms with Gasteiger partial charge >= 0.3 is 0 Å².